The molecule has 0 saturated carbocycles. The molecule has 0 aliphatic heterocycles. The van der Waals surface area contributed by atoms with Gasteiger partial charge in [0.1, 0.15) is 0 Å². The molecule has 4 nitrogen and oxygen atoms in total. The van der Waals surface area contributed by atoms with E-state index < -0.39 is 11.9 Å². The molecule has 49 valence electrons. The van der Waals surface area contributed by atoms with Gasteiger partial charge in [0.15, 0.2) is 0 Å². The zero-order valence-electron chi connectivity index (χ0n) is 4.47. The van der Waals surface area contributed by atoms with Crippen LogP contribution in [0, 0.1) is 0 Å². The maximum Gasteiger partial charge on any atom is 1.00 e. The van der Waals surface area contributed by atoms with Crippen molar-refractivity contribution in [3.8, 4) is 0 Å². The van der Waals surface area contributed by atoms with Gasteiger partial charge in [0, 0.05) is 17.1 Å². The summed E-state index contributed by atoms with van der Waals surface area (Å²) >= 11 is 0. The average molecular weight is 203 g/mol. The molecule has 0 atom stereocenters. The van der Waals surface area contributed by atoms with Crippen molar-refractivity contribution in [2.75, 3.05) is 0 Å². The quantitative estimate of drug-likeness (QED) is 0.303. The zero-order chi connectivity index (χ0) is 5.15. The first-order valence-electron chi connectivity index (χ1n) is 1.11. The number of carboxylic acids is 2. The topological polar surface area (TPSA) is 74.6 Å². The number of hydrogen-bond acceptors (Lipinski definition) is 2. The van der Waals surface area contributed by atoms with Crippen molar-refractivity contribution in [3.63, 3.8) is 0 Å². The van der Waals surface area contributed by atoms with Gasteiger partial charge in [-0.3, -0.25) is 0 Å². The molecule has 1 radical (unpaired) electrons. The minimum absolute atomic E-state index is 0. The summed E-state index contributed by atoms with van der Waals surface area (Å²) in [5.41, 5.74) is 0. The van der Waals surface area contributed by atoms with Crippen LogP contribution in [0.15, 0.2) is 0 Å². The third-order valence-electron chi connectivity index (χ3n) is 0.183. The Balaban J connectivity index is -0.0000000417. The van der Waals surface area contributed by atoms with Crippen molar-refractivity contribution in [2.24, 2.45) is 0 Å². The molecule has 0 spiro atoms. The first-order valence-corrected chi connectivity index (χ1v) is 1.11. The van der Waals surface area contributed by atoms with Crippen LogP contribution < -0.4 is 42.0 Å². The number of rotatable bonds is 0. The van der Waals surface area contributed by atoms with E-state index >= 15 is 0 Å². The van der Waals surface area contributed by atoms with Gasteiger partial charge >= 0.3 is 41.5 Å². The fraction of sp³-hybridized carbons (Fsp3) is 0. The van der Waals surface area contributed by atoms with Crippen molar-refractivity contribution in [1.82, 2.24) is 0 Å². The van der Waals surface area contributed by atoms with E-state index in [2.05, 4.69) is 0 Å². The molecule has 2 N–H and O–H groups in total. The molecular formula is C2H2ClMnNaO4. The number of carbonyl (C=O) groups is 2. The second-order valence-electron chi connectivity index (χ2n) is 0.610. The Kier molecular flexibility index (Phi) is 28.9. The van der Waals surface area contributed by atoms with E-state index in [1.165, 1.54) is 0 Å². The number of carboxylic acid groups (broad SMARTS) is 2. The Morgan fingerprint density at radius 3 is 1.11 bits per heavy atom. The average Bonchev–Trinajstić information content (AvgIpc) is 1.36. The Bertz CT molecular complexity index is 84.6. The van der Waals surface area contributed by atoms with E-state index in [-0.39, 0.29) is 59.0 Å². The van der Waals surface area contributed by atoms with Gasteiger partial charge in [0.2, 0.25) is 0 Å². The molecule has 0 aliphatic rings. The third-order valence-corrected chi connectivity index (χ3v) is 0.183. The number of halogens is 1. The normalized spacial score (nSPS) is 4.89. The summed E-state index contributed by atoms with van der Waals surface area (Å²) in [4.78, 5) is 18.2. The van der Waals surface area contributed by atoms with Crippen LogP contribution in [0.3, 0.4) is 0 Å². The smallest absolute Gasteiger partial charge is 1.00 e. The van der Waals surface area contributed by atoms with E-state index in [1.807, 2.05) is 0 Å². The first kappa shape index (κ1) is 22.6. The predicted octanol–water partition coefficient (Wildman–Crippen LogP) is -6.84. The van der Waals surface area contributed by atoms with E-state index in [9.17, 15) is 0 Å². The summed E-state index contributed by atoms with van der Waals surface area (Å²) in [6, 6.07) is 0. The van der Waals surface area contributed by atoms with E-state index in [1.54, 1.807) is 0 Å². The van der Waals surface area contributed by atoms with Crippen molar-refractivity contribution in [1.29, 1.82) is 0 Å². The molecule has 0 unspecified atom stereocenters. The van der Waals surface area contributed by atoms with Crippen molar-refractivity contribution in [2.45, 2.75) is 0 Å². The minimum Gasteiger partial charge on any atom is -1.00 e. The van der Waals surface area contributed by atoms with Crippen LogP contribution in [0.2, 0.25) is 0 Å². The molecule has 0 heterocycles. The van der Waals surface area contributed by atoms with Crippen molar-refractivity contribution >= 4 is 11.9 Å². The van der Waals surface area contributed by atoms with Gasteiger partial charge in [-0.1, -0.05) is 0 Å². The van der Waals surface area contributed by atoms with Crippen LogP contribution in [-0.2, 0) is 26.7 Å². The Hall–Kier alpha value is 0.749. The molecule has 9 heavy (non-hydrogen) atoms. The van der Waals surface area contributed by atoms with Crippen LogP contribution in [0.5, 0.6) is 0 Å². The van der Waals surface area contributed by atoms with Crippen molar-refractivity contribution < 1.29 is 78.8 Å². The summed E-state index contributed by atoms with van der Waals surface area (Å²) in [7, 11) is 0. The fourth-order valence-electron chi connectivity index (χ4n) is 0. The van der Waals surface area contributed by atoms with Crippen molar-refractivity contribution in [3.05, 3.63) is 0 Å². The van der Waals surface area contributed by atoms with Crippen LogP contribution in [0.4, 0.5) is 0 Å². The van der Waals surface area contributed by atoms with Gasteiger partial charge in [0.05, 0.1) is 0 Å². The van der Waals surface area contributed by atoms with Crippen LogP contribution in [0.25, 0.3) is 0 Å². The Morgan fingerprint density at radius 2 is 1.11 bits per heavy atom. The van der Waals surface area contributed by atoms with E-state index in [0.29, 0.717) is 0 Å². The Labute approximate surface area is 90.2 Å². The molecule has 0 amide bonds. The van der Waals surface area contributed by atoms with Gasteiger partial charge in [-0.25, -0.2) is 9.59 Å². The molecule has 0 saturated heterocycles. The van der Waals surface area contributed by atoms with Gasteiger partial charge in [-0.15, -0.1) is 0 Å². The number of hydrogen-bond donors (Lipinski definition) is 2. The summed E-state index contributed by atoms with van der Waals surface area (Å²) < 4.78 is 0. The monoisotopic (exact) mass is 203 g/mol. The molecule has 0 fully saturated rings. The molecule has 0 aromatic carbocycles. The molecule has 0 aliphatic carbocycles. The summed E-state index contributed by atoms with van der Waals surface area (Å²) in [6.07, 6.45) is 0. The minimum atomic E-state index is -1.82. The standard InChI is InChI=1S/C2H2O4.ClH.Mn.Na/c3-1(4)2(5)6;;;/h(H,3,4)(H,5,6);1H;;/q;;;+1/p-1. The third kappa shape index (κ3) is 17.7. The molecule has 0 rings (SSSR count). The summed E-state index contributed by atoms with van der Waals surface area (Å²) in [6.45, 7) is 0. The number of aliphatic carboxylic acids is 2. The SMILES string of the molecule is O=C(O)C(=O)O.[Cl-].[Mn].[Na+]. The van der Waals surface area contributed by atoms with Gasteiger partial charge < -0.3 is 22.6 Å². The molecule has 0 bridgehead atoms. The Morgan fingerprint density at radius 1 is 1.00 bits per heavy atom. The van der Waals surface area contributed by atoms with Crippen LogP contribution in [-0.4, -0.2) is 22.2 Å². The molecular weight excluding hydrogens is 201 g/mol. The van der Waals surface area contributed by atoms with Gasteiger partial charge in [-0.05, 0) is 0 Å². The fourth-order valence-corrected chi connectivity index (χ4v) is 0. The maximum absolute atomic E-state index is 9.10. The van der Waals surface area contributed by atoms with E-state index in [0.717, 1.165) is 0 Å². The van der Waals surface area contributed by atoms with Crippen LogP contribution in [0.1, 0.15) is 0 Å². The molecule has 0 aromatic heterocycles. The second-order valence-corrected chi connectivity index (χ2v) is 0.610. The second kappa shape index (κ2) is 11.5. The predicted molar refractivity (Wildman–Crippen MR) is 15.3 cm³/mol. The van der Waals surface area contributed by atoms with Gasteiger partial charge in [0.25, 0.3) is 0 Å². The van der Waals surface area contributed by atoms with Crippen LogP contribution >= 0.6 is 0 Å². The largest absolute Gasteiger partial charge is 1.00 e. The zero-order valence-corrected chi connectivity index (χ0v) is 8.40. The first-order chi connectivity index (χ1) is 2.64. The summed E-state index contributed by atoms with van der Waals surface area (Å²) in [5.74, 6) is -3.65. The maximum atomic E-state index is 9.10. The van der Waals surface area contributed by atoms with Gasteiger partial charge in [-0.2, -0.15) is 0 Å². The molecule has 0 aromatic rings. The summed E-state index contributed by atoms with van der Waals surface area (Å²) in [5, 5.41) is 14.8. The van der Waals surface area contributed by atoms with E-state index in [4.69, 9.17) is 19.8 Å². The molecule has 7 heteroatoms.